The summed E-state index contributed by atoms with van der Waals surface area (Å²) in [6.07, 6.45) is 6.80. The van der Waals surface area contributed by atoms with E-state index in [4.69, 9.17) is 4.74 Å². The molecule has 4 fully saturated rings. The van der Waals surface area contributed by atoms with Crippen molar-refractivity contribution in [3.05, 3.63) is 0 Å². The van der Waals surface area contributed by atoms with E-state index in [1.807, 2.05) is 4.90 Å². The number of amides is 2. The molecule has 2 amide bonds. The minimum atomic E-state index is -0.358. The Morgan fingerprint density at radius 1 is 1.11 bits per heavy atom. The molecule has 0 aromatic carbocycles. The second kappa shape index (κ2) is 7.36. The average molecular weight is 378 g/mol. The molecule has 0 aromatic heterocycles. The van der Waals surface area contributed by atoms with Crippen LogP contribution in [-0.4, -0.2) is 74.6 Å². The van der Waals surface area contributed by atoms with Gasteiger partial charge in [-0.1, -0.05) is 0 Å². The lowest BCUT2D eigenvalue weighted by Crippen LogP contribution is -2.49. The number of rotatable bonds is 3. The second-order valence-electron chi connectivity index (χ2n) is 9.41. The number of nitrogens with one attached hydrogen (secondary N) is 1. The van der Waals surface area contributed by atoms with E-state index in [9.17, 15) is 9.59 Å². The topological polar surface area (TPSA) is 61.9 Å². The number of carbonyl (C=O) groups excluding carboxylic acids is 2. The van der Waals surface area contributed by atoms with Gasteiger partial charge in [-0.25, -0.2) is 0 Å². The first kappa shape index (κ1) is 19.2. The van der Waals surface area contributed by atoms with E-state index >= 15 is 0 Å². The molecule has 1 spiro atoms. The number of likely N-dealkylation sites (tertiary alicyclic amines) is 2. The van der Waals surface area contributed by atoms with Gasteiger partial charge in [0.1, 0.15) is 0 Å². The molecule has 0 radical (unpaired) electrons. The molecule has 0 bridgehead atoms. The summed E-state index contributed by atoms with van der Waals surface area (Å²) in [7, 11) is 1.74. The number of fused-ring (bicyclic) bond motifs is 2. The molecule has 3 saturated heterocycles. The van der Waals surface area contributed by atoms with Crippen LogP contribution in [0.5, 0.6) is 0 Å². The van der Waals surface area contributed by atoms with Crippen LogP contribution in [0, 0.1) is 22.7 Å². The highest BCUT2D eigenvalue weighted by molar-refractivity contribution is 5.85. The normalized spacial score (nSPS) is 34.0. The lowest BCUT2D eigenvalue weighted by Gasteiger charge is -2.45. The minimum absolute atomic E-state index is 0.111. The van der Waals surface area contributed by atoms with E-state index in [-0.39, 0.29) is 22.6 Å². The Labute approximate surface area is 163 Å². The van der Waals surface area contributed by atoms with E-state index in [1.54, 1.807) is 14.0 Å². The van der Waals surface area contributed by atoms with Crippen LogP contribution in [0.25, 0.3) is 0 Å². The molecule has 152 valence electrons. The van der Waals surface area contributed by atoms with Gasteiger partial charge in [0, 0.05) is 46.8 Å². The smallest absolute Gasteiger partial charge is 0.228 e. The van der Waals surface area contributed by atoms with Gasteiger partial charge >= 0.3 is 0 Å². The van der Waals surface area contributed by atoms with Gasteiger partial charge < -0.3 is 19.9 Å². The maximum atomic E-state index is 12.9. The van der Waals surface area contributed by atoms with E-state index < -0.39 is 0 Å². The Hall–Kier alpha value is -1.14. The molecule has 1 N–H and O–H groups in total. The monoisotopic (exact) mass is 377 g/mol. The van der Waals surface area contributed by atoms with Crippen molar-refractivity contribution in [2.24, 2.45) is 22.7 Å². The molecule has 1 aliphatic carbocycles. The fourth-order valence-electron chi connectivity index (χ4n) is 6.50. The van der Waals surface area contributed by atoms with Crippen LogP contribution in [0.4, 0.5) is 0 Å². The second-order valence-corrected chi connectivity index (χ2v) is 9.41. The summed E-state index contributed by atoms with van der Waals surface area (Å²) < 4.78 is 5.50. The van der Waals surface area contributed by atoms with Gasteiger partial charge in [-0.2, -0.15) is 0 Å². The standard InChI is InChI=1S/C21H35N3O3/c1-16(25)24-14-18-20(5-6-21(18,15-24)19(26)22-2)7-9-23(10-8-20)13-17-3-11-27-12-4-17/h17-18H,3-15H2,1-2H3,(H,22,26)/t18-,21+/m1/s1. The van der Waals surface area contributed by atoms with Gasteiger partial charge in [0.2, 0.25) is 11.8 Å². The van der Waals surface area contributed by atoms with Gasteiger partial charge in [0.05, 0.1) is 5.41 Å². The third-order valence-electron chi connectivity index (χ3n) is 8.18. The van der Waals surface area contributed by atoms with E-state index in [0.717, 1.165) is 51.6 Å². The SMILES string of the molecule is CNC(=O)[C@]12CCC3(CCN(CC4CCOCC4)CC3)[C@H]1CN(C(C)=O)C2. The molecule has 0 aromatic rings. The molecule has 3 aliphatic heterocycles. The fourth-order valence-corrected chi connectivity index (χ4v) is 6.50. The minimum Gasteiger partial charge on any atom is -0.381 e. The molecule has 3 heterocycles. The van der Waals surface area contributed by atoms with Crippen molar-refractivity contribution in [1.82, 2.24) is 15.1 Å². The van der Waals surface area contributed by atoms with Gasteiger partial charge in [0.15, 0.2) is 0 Å². The Kier molecular flexibility index (Phi) is 5.23. The van der Waals surface area contributed by atoms with Crippen molar-refractivity contribution in [2.75, 3.05) is 53.0 Å². The maximum Gasteiger partial charge on any atom is 0.228 e. The predicted octanol–water partition coefficient (Wildman–Crippen LogP) is 1.50. The fraction of sp³-hybridized carbons (Fsp3) is 0.905. The third-order valence-corrected chi connectivity index (χ3v) is 8.18. The van der Waals surface area contributed by atoms with Crippen LogP contribution in [0.2, 0.25) is 0 Å². The summed E-state index contributed by atoms with van der Waals surface area (Å²) >= 11 is 0. The molecular formula is C21H35N3O3. The quantitative estimate of drug-likeness (QED) is 0.810. The van der Waals surface area contributed by atoms with Gasteiger partial charge in [-0.15, -0.1) is 0 Å². The largest absolute Gasteiger partial charge is 0.381 e. The van der Waals surface area contributed by atoms with Gasteiger partial charge in [-0.05, 0) is 68.9 Å². The van der Waals surface area contributed by atoms with Crippen molar-refractivity contribution >= 4 is 11.8 Å². The zero-order valence-electron chi connectivity index (χ0n) is 17.0. The summed E-state index contributed by atoms with van der Waals surface area (Å²) in [5, 5.41) is 2.91. The molecule has 0 unspecified atom stereocenters. The zero-order valence-corrected chi connectivity index (χ0v) is 17.0. The molecule has 2 atom stereocenters. The summed E-state index contributed by atoms with van der Waals surface area (Å²) in [6, 6.07) is 0. The average Bonchev–Trinajstić information content (AvgIpc) is 3.22. The van der Waals surface area contributed by atoms with Crippen LogP contribution < -0.4 is 5.32 Å². The van der Waals surface area contributed by atoms with Crippen LogP contribution in [0.3, 0.4) is 0 Å². The summed E-state index contributed by atoms with van der Waals surface area (Å²) in [6.45, 7) is 8.32. The Bertz CT molecular complexity index is 581. The van der Waals surface area contributed by atoms with Crippen LogP contribution in [0.1, 0.15) is 45.4 Å². The highest BCUT2D eigenvalue weighted by Crippen LogP contribution is 2.62. The summed E-state index contributed by atoms with van der Waals surface area (Å²) in [5.41, 5.74) is -0.119. The molecule has 27 heavy (non-hydrogen) atoms. The van der Waals surface area contributed by atoms with Crippen LogP contribution in [0.15, 0.2) is 0 Å². The number of piperidine rings is 1. The highest BCUT2D eigenvalue weighted by Gasteiger charge is 2.64. The Morgan fingerprint density at radius 3 is 2.44 bits per heavy atom. The van der Waals surface area contributed by atoms with Crippen molar-refractivity contribution < 1.29 is 14.3 Å². The number of nitrogens with zero attached hydrogens (tertiary/aromatic N) is 2. The zero-order chi connectivity index (χ0) is 19.1. The predicted molar refractivity (Wildman–Crippen MR) is 103 cm³/mol. The Balaban J connectivity index is 1.44. The first-order chi connectivity index (χ1) is 13.0. The highest BCUT2D eigenvalue weighted by atomic mass is 16.5. The lowest BCUT2D eigenvalue weighted by molar-refractivity contribution is -0.133. The third kappa shape index (κ3) is 3.29. The van der Waals surface area contributed by atoms with Crippen molar-refractivity contribution in [1.29, 1.82) is 0 Å². The van der Waals surface area contributed by atoms with E-state index in [1.165, 1.54) is 32.2 Å². The first-order valence-corrected chi connectivity index (χ1v) is 10.8. The number of ether oxygens (including phenoxy) is 1. The molecule has 6 heteroatoms. The maximum absolute atomic E-state index is 12.9. The summed E-state index contributed by atoms with van der Waals surface area (Å²) in [4.78, 5) is 29.5. The molecule has 6 nitrogen and oxygen atoms in total. The first-order valence-electron chi connectivity index (χ1n) is 10.8. The number of hydrogen-bond donors (Lipinski definition) is 1. The van der Waals surface area contributed by atoms with E-state index in [0.29, 0.717) is 12.5 Å². The van der Waals surface area contributed by atoms with Crippen molar-refractivity contribution in [2.45, 2.75) is 45.4 Å². The Morgan fingerprint density at radius 2 is 1.81 bits per heavy atom. The van der Waals surface area contributed by atoms with Crippen molar-refractivity contribution in [3.63, 3.8) is 0 Å². The lowest BCUT2D eigenvalue weighted by atomic mass is 9.65. The molecule has 4 rings (SSSR count). The molecule has 4 aliphatic rings. The number of hydrogen-bond acceptors (Lipinski definition) is 4. The summed E-state index contributed by atoms with van der Waals surface area (Å²) in [5.74, 6) is 1.36. The van der Waals surface area contributed by atoms with Gasteiger partial charge in [0.25, 0.3) is 0 Å². The number of carbonyl (C=O) groups is 2. The van der Waals surface area contributed by atoms with Gasteiger partial charge in [-0.3, -0.25) is 9.59 Å². The van der Waals surface area contributed by atoms with Crippen molar-refractivity contribution in [3.8, 4) is 0 Å². The molecule has 1 saturated carbocycles. The van der Waals surface area contributed by atoms with E-state index in [2.05, 4.69) is 10.2 Å². The van der Waals surface area contributed by atoms with Crippen LogP contribution >= 0.6 is 0 Å². The molecular weight excluding hydrogens is 342 g/mol. The van der Waals surface area contributed by atoms with Crippen LogP contribution in [-0.2, 0) is 14.3 Å².